The number of fused-ring (bicyclic) bond motifs is 2. The summed E-state index contributed by atoms with van der Waals surface area (Å²) in [6.45, 7) is 7.58. The highest BCUT2D eigenvalue weighted by molar-refractivity contribution is 5.97. The Morgan fingerprint density at radius 2 is 1.75 bits per heavy atom. The summed E-state index contributed by atoms with van der Waals surface area (Å²) in [5.74, 6) is 0.347. The molecule has 3 N–H and O–H groups in total. The Morgan fingerprint density at radius 1 is 0.875 bits per heavy atom. The van der Waals surface area contributed by atoms with Crippen LogP contribution in [0.3, 0.4) is 0 Å². The van der Waals surface area contributed by atoms with Crippen molar-refractivity contribution < 1.29 is 4.39 Å². The molecule has 48 heavy (non-hydrogen) atoms. The number of benzene rings is 3. The molecule has 8 rings (SSSR count). The predicted molar refractivity (Wildman–Crippen MR) is 191 cm³/mol. The maximum atomic E-state index is 14.9. The Morgan fingerprint density at radius 3 is 2.62 bits per heavy atom. The lowest BCUT2D eigenvalue weighted by Crippen LogP contribution is -2.20. The fourth-order valence-electron chi connectivity index (χ4n) is 6.63. The van der Waals surface area contributed by atoms with Gasteiger partial charge in [-0.2, -0.15) is 5.10 Å². The van der Waals surface area contributed by atoms with E-state index in [2.05, 4.69) is 54.1 Å². The molecule has 0 unspecified atom stereocenters. The van der Waals surface area contributed by atoms with Crippen LogP contribution in [0.1, 0.15) is 30.4 Å². The number of likely N-dealkylation sites (tertiary alicyclic amines) is 1. The zero-order valence-corrected chi connectivity index (χ0v) is 26.5. The zero-order valence-electron chi connectivity index (χ0n) is 26.5. The van der Waals surface area contributed by atoms with Crippen molar-refractivity contribution in [2.24, 2.45) is 0 Å². The van der Waals surface area contributed by atoms with Gasteiger partial charge in [-0.05, 0) is 104 Å². The Hall–Kier alpha value is -5.67. The number of H-pyrrole nitrogens is 2. The van der Waals surface area contributed by atoms with E-state index in [1.165, 1.54) is 25.9 Å². The van der Waals surface area contributed by atoms with Gasteiger partial charge in [0.25, 0.3) is 0 Å². The molecule has 238 valence electrons. The molecule has 7 aromatic rings. The predicted octanol–water partition coefficient (Wildman–Crippen LogP) is 8.48. The highest BCUT2D eigenvalue weighted by Gasteiger charge is 2.18. The normalized spacial score (nSPS) is 13.4. The molecule has 0 atom stereocenters. The molecule has 0 bridgehead atoms. The summed E-state index contributed by atoms with van der Waals surface area (Å²) in [6.07, 6.45) is 9.74. The third-order valence-electron chi connectivity index (χ3n) is 9.05. The zero-order chi connectivity index (χ0) is 32.5. The second kappa shape index (κ2) is 12.8. The average Bonchev–Trinajstić information content (AvgIpc) is 3.88. The summed E-state index contributed by atoms with van der Waals surface area (Å²) in [7, 11) is 0. The molecule has 8 nitrogen and oxygen atoms in total. The average molecular weight is 635 g/mol. The number of imidazole rings is 1. The molecule has 0 saturated carbocycles. The van der Waals surface area contributed by atoms with Crippen LogP contribution in [0, 0.1) is 5.82 Å². The van der Waals surface area contributed by atoms with E-state index in [0.717, 1.165) is 75.0 Å². The van der Waals surface area contributed by atoms with Crippen LogP contribution in [0.5, 0.6) is 0 Å². The monoisotopic (exact) mass is 634 g/mol. The molecule has 1 saturated heterocycles. The number of nitrogens with one attached hydrogen (secondary N) is 3. The summed E-state index contributed by atoms with van der Waals surface area (Å²) in [6, 6.07) is 25.3. The van der Waals surface area contributed by atoms with Crippen LogP contribution >= 0.6 is 0 Å². The Kier molecular flexibility index (Phi) is 7.95. The standard InChI is InChI=1S/C39H35FN8/c1-25(27-9-3-2-4-10-27)43-32-21-30(23-41-24-32)28-11-12-34-33(22-28)37(47-46-34)39-44-35-13-14-42-36(38(35)45-39)29-18-26(19-31(40)20-29)8-7-17-48-15-5-6-16-48/h2-4,9-14,18-24,43H,1,5-8,15-17H2,(H,44,45)(H,46,47). The molecule has 1 aliphatic heterocycles. The van der Waals surface area contributed by atoms with Crippen LogP contribution in [0.15, 0.2) is 104 Å². The van der Waals surface area contributed by atoms with Crippen molar-refractivity contribution in [3.05, 3.63) is 121 Å². The van der Waals surface area contributed by atoms with Crippen LogP contribution in [-0.4, -0.2) is 54.7 Å². The first-order chi connectivity index (χ1) is 23.6. The van der Waals surface area contributed by atoms with E-state index in [1.54, 1.807) is 24.5 Å². The van der Waals surface area contributed by atoms with Crippen molar-refractivity contribution in [1.29, 1.82) is 0 Å². The number of rotatable bonds is 10. The molecule has 0 spiro atoms. The minimum Gasteiger partial charge on any atom is -0.354 e. The van der Waals surface area contributed by atoms with E-state index < -0.39 is 0 Å². The van der Waals surface area contributed by atoms with Crippen LogP contribution in [0.2, 0.25) is 0 Å². The van der Waals surface area contributed by atoms with E-state index >= 15 is 0 Å². The van der Waals surface area contributed by atoms with Gasteiger partial charge in [0, 0.05) is 34.6 Å². The fourth-order valence-corrected chi connectivity index (χ4v) is 6.63. The Labute approximate surface area is 277 Å². The topological polar surface area (TPSA) is 98.4 Å². The fraction of sp³-hybridized carbons (Fsp3) is 0.179. The number of nitrogens with zero attached hydrogens (tertiary/aromatic N) is 5. The van der Waals surface area contributed by atoms with Gasteiger partial charge in [-0.3, -0.25) is 15.1 Å². The van der Waals surface area contributed by atoms with E-state index in [1.807, 2.05) is 60.8 Å². The number of pyridine rings is 2. The number of aryl methyl sites for hydroxylation is 1. The molecule has 0 amide bonds. The summed E-state index contributed by atoms with van der Waals surface area (Å²) in [5.41, 5.74) is 10.0. The van der Waals surface area contributed by atoms with Crippen molar-refractivity contribution in [3.8, 4) is 33.9 Å². The van der Waals surface area contributed by atoms with Crippen molar-refractivity contribution in [1.82, 2.24) is 35.0 Å². The third-order valence-corrected chi connectivity index (χ3v) is 9.05. The van der Waals surface area contributed by atoms with Crippen LogP contribution in [-0.2, 0) is 6.42 Å². The maximum Gasteiger partial charge on any atom is 0.159 e. The minimum absolute atomic E-state index is 0.262. The van der Waals surface area contributed by atoms with Crippen molar-refractivity contribution in [2.75, 3.05) is 25.0 Å². The van der Waals surface area contributed by atoms with Gasteiger partial charge < -0.3 is 15.2 Å². The van der Waals surface area contributed by atoms with Gasteiger partial charge in [0.1, 0.15) is 17.0 Å². The largest absolute Gasteiger partial charge is 0.354 e. The Bertz CT molecular complexity index is 2250. The second-order valence-corrected chi connectivity index (χ2v) is 12.4. The number of halogens is 1. The minimum atomic E-state index is -0.262. The molecule has 1 aliphatic rings. The lowest BCUT2D eigenvalue weighted by atomic mass is 10.0. The Balaban J connectivity index is 1.08. The molecule has 4 aromatic heterocycles. The van der Waals surface area contributed by atoms with E-state index in [0.29, 0.717) is 22.7 Å². The summed E-state index contributed by atoms with van der Waals surface area (Å²) in [5, 5.41) is 12.1. The van der Waals surface area contributed by atoms with Gasteiger partial charge in [-0.15, -0.1) is 0 Å². The highest BCUT2D eigenvalue weighted by atomic mass is 19.1. The number of hydrogen-bond acceptors (Lipinski definition) is 6. The van der Waals surface area contributed by atoms with Crippen LogP contribution in [0.4, 0.5) is 10.1 Å². The quantitative estimate of drug-likeness (QED) is 0.140. The van der Waals surface area contributed by atoms with Gasteiger partial charge in [0.15, 0.2) is 5.82 Å². The molecule has 0 radical (unpaired) electrons. The molecule has 1 fully saturated rings. The van der Waals surface area contributed by atoms with Crippen molar-refractivity contribution in [2.45, 2.75) is 25.7 Å². The molecular weight excluding hydrogens is 599 g/mol. The highest BCUT2D eigenvalue weighted by Crippen LogP contribution is 2.33. The molecule has 9 heteroatoms. The van der Waals surface area contributed by atoms with Crippen LogP contribution in [0.25, 0.3) is 61.5 Å². The van der Waals surface area contributed by atoms with E-state index in [9.17, 15) is 4.39 Å². The van der Waals surface area contributed by atoms with E-state index in [-0.39, 0.29) is 5.82 Å². The first kappa shape index (κ1) is 29.7. The van der Waals surface area contributed by atoms with Gasteiger partial charge in [0.05, 0.1) is 28.6 Å². The lowest BCUT2D eigenvalue weighted by Gasteiger charge is -2.14. The second-order valence-electron chi connectivity index (χ2n) is 12.4. The maximum absolute atomic E-state index is 14.9. The van der Waals surface area contributed by atoms with Gasteiger partial charge in [-0.1, -0.05) is 43.0 Å². The summed E-state index contributed by atoms with van der Waals surface area (Å²) < 4.78 is 14.9. The molecule has 5 heterocycles. The van der Waals surface area contributed by atoms with Crippen molar-refractivity contribution >= 4 is 33.3 Å². The third kappa shape index (κ3) is 6.08. The number of aromatic nitrogens is 6. The molecule has 0 aliphatic carbocycles. The number of aromatic amines is 2. The first-order valence-electron chi connectivity index (χ1n) is 16.4. The van der Waals surface area contributed by atoms with Crippen molar-refractivity contribution in [3.63, 3.8) is 0 Å². The molecular formula is C39H35FN8. The summed E-state index contributed by atoms with van der Waals surface area (Å²) in [4.78, 5) is 20.0. The summed E-state index contributed by atoms with van der Waals surface area (Å²) >= 11 is 0. The molecule has 3 aromatic carbocycles. The number of anilines is 1. The van der Waals surface area contributed by atoms with Gasteiger partial charge >= 0.3 is 0 Å². The SMILES string of the molecule is C=C(Nc1cncc(-c2ccc3[nH]nc(-c4nc5c(-c6cc(F)cc(CCCN7CCCC7)c6)nccc5[nH]4)c3c2)c1)c1ccccc1. The first-order valence-corrected chi connectivity index (χ1v) is 16.4. The van der Waals surface area contributed by atoms with E-state index in [4.69, 9.17) is 4.98 Å². The van der Waals surface area contributed by atoms with Gasteiger partial charge in [-0.25, -0.2) is 9.37 Å². The van der Waals surface area contributed by atoms with Crippen LogP contribution < -0.4 is 5.32 Å². The lowest BCUT2D eigenvalue weighted by molar-refractivity contribution is 0.334. The smallest absolute Gasteiger partial charge is 0.159 e. The van der Waals surface area contributed by atoms with Gasteiger partial charge in [0.2, 0.25) is 0 Å². The number of hydrogen-bond donors (Lipinski definition) is 3.